The van der Waals surface area contributed by atoms with E-state index in [0.29, 0.717) is 6.04 Å². The van der Waals surface area contributed by atoms with Crippen LogP contribution in [0.4, 0.5) is 0 Å². The van der Waals surface area contributed by atoms with Crippen molar-refractivity contribution in [2.24, 2.45) is 11.8 Å². The van der Waals surface area contributed by atoms with Crippen molar-refractivity contribution in [1.82, 2.24) is 5.32 Å². The SMILES string of the molecule is C[C@H](CS(C)(=O)=O)N[C@H]1CCCC[C@H]1C1CCCCC1. The number of hydrogen-bond acceptors (Lipinski definition) is 3. The molecule has 3 atom stereocenters. The summed E-state index contributed by atoms with van der Waals surface area (Å²) in [4.78, 5) is 0. The van der Waals surface area contributed by atoms with Crippen LogP contribution in [0, 0.1) is 11.8 Å². The summed E-state index contributed by atoms with van der Waals surface area (Å²) in [6.07, 6.45) is 13.6. The number of sulfone groups is 1. The van der Waals surface area contributed by atoms with Crippen molar-refractivity contribution < 1.29 is 8.42 Å². The molecule has 0 radical (unpaired) electrons. The van der Waals surface area contributed by atoms with Gasteiger partial charge in [0.2, 0.25) is 0 Å². The predicted octanol–water partition coefficient (Wildman–Crippen LogP) is 3.15. The molecule has 2 aliphatic carbocycles. The van der Waals surface area contributed by atoms with E-state index in [9.17, 15) is 8.42 Å². The zero-order valence-electron chi connectivity index (χ0n) is 13.1. The lowest BCUT2D eigenvalue weighted by Gasteiger charge is -2.40. The number of rotatable bonds is 5. The van der Waals surface area contributed by atoms with E-state index >= 15 is 0 Å². The summed E-state index contributed by atoms with van der Waals surface area (Å²) in [5, 5.41) is 3.64. The summed E-state index contributed by atoms with van der Waals surface area (Å²) in [7, 11) is -2.88. The monoisotopic (exact) mass is 301 g/mol. The van der Waals surface area contributed by atoms with Crippen LogP contribution in [0.15, 0.2) is 0 Å². The first-order chi connectivity index (χ1) is 9.46. The molecule has 0 spiro atoms. The van der Waals surface area contributed by atoms with Crippen LogP contribution in [-0.4, -0.2) is 32.5 Å². The Bertz CT molecular complexity index is 387. The molecule has 0 heterocycles. The van der Waals surface area contributed by atoms with Crippen LogP contribution in [0.5, 0.6) is 0 Å². The highest BCUT2D eigenvalue weighted by Crippen LogP contribution is 2.38. The average molecular weight is 301 g/mol. The van der Waals surface area contributed by atoms with Crippen molar-refractivity contribution >= 4 is 9.84 Å². The van der Waals surface area contributed by atoms with Crippen molar-refractivity contribution in [3.63, 3.8) is 0 Å². The van der Waals surface area contributed by atoms with E-state index < -0.39 is 9.84 Å². The molecule has 0 aliphatic heterocycles. The fraction of sp³-hybridized carbons (Fsp3) is 1.00. The van der Waals surface area contributed by atoms with Gasteiger partial charge in [0.1, 0.15) is 9.84 Å². The first kappa shape index (κ1) is 16.3. The van der Waals surface area contributed by atoms with Crippen molar-refractivity contribution in [3.05, 3.63) is 0 Å². The number of nitrogens with one attached hydrogen (secondary N) is 1. The van der Waals surface area contributed by atoms with Gasteiger partial charge in [-0.2, -0.15) is 0 Å². The molecular weight excluding hydrogens is 270 g/mol. The third kappa shape index (κ3) is 5.03. The first-order valence-corrected chi connectivity index (χ1v) is 10.5. The Morgan fingerprint density at radius 1 is 1.00 bits per heavy atom. The maximum atomic E-state index is 11.4. The molecule has 20 heavy (non-hydrogen) atoms. The van der Waals surface area contributed by atoms with Gasteiger partial charge in [0.15, 0.2) is 0 Å². The molecule has 1 N–H and O–H groups in total. The third-order valence-corrected chi connectivity index (χ3v) is 6.23. The van der Waals surface area contributed by atoms with E-state index in [1.165, 1.54) is 64.0 Å². The maximum absolute atomic E-state index is 11.4. The topological polar surface area (TPSA) is 46.2 Å². The zero-order chi connectivity index (χ0) is 14.6. The Labute approximate surface area is 124 Å². The smallest absolute Gasteiger partial charge is 0.148 e. The molecule has 2 saturated carbocycles. The lowest BCUT2D eigenvalue weighted by Crippen LogP contribution is -2.48. The van der Waals surface area contributed by atoms with Crippen LogP contribution in [0.25, 0.3) is 0 Å². The highest BCUT2D eigenvalue weighted by Gasteiger charge is 2.33. The van der Waals surface area contributed by atoms with Gasteiger partial charge >= 0.3 is 0 Å². The number of hydrogen-bond donors (Lipinski definition) is 1. The lowest BCUT2D eigenvalue weighted by molar-refractivity contribution is 0.145. The molecule has 2 aliphatic rings. The van der Waals surface area contributed by atoms with E-state index in [0.717, 1.165) is 11.8 Å². The largest absolute Gasteiger partial charge is 0.310 e. The Hall–Kier alpha value is -0.0900. The molecule has 0 aromatic heterocycles. The van der Waals surface area contributed by atoms with Gasteiger partial charge in [0.25, 0.3) is 0 Å². The maximum Gasteiger partial charge on any atom is 0.148 e. The summed E-state index contributed by atoms with van der Waals surface area (Å²) in [5.74, 6) is 1.93. The molecule has 0 aromatic rings. The minimum Gasteiger partial charge on any atom is -0.310 e. The fourth-order valence-corrected chi connectivity index (χ4v) is 5.37. The summed E-state index contributed by atoms with van der Waals surface area (Å²) >= 11 is 0. The average Bonchev–Trinajstić information content (AvgIpc) is 2.38. The Kier molecular flexibility index (Phi) is 5.91. The molecule has 2 fully saturated rings. The molecule has 0 bridgehead atoms. The Balaban J connectivity index is 1.92. The van der Waals surface area contributed by atoms with Crippen LogP contribution in [0.3, 0.4) is 0 Å². The Morgan fingerprint density at radius 3 is 2.25 bits per heavy atom. The predicted molar refractivity (Wildman–Crippen MR) is 84.6 cm³/mol. The summed E-state index contributed by atoms with van der Waals surface area (Å²) in [5.41, 5.74) is 0. The second-order valence-electron chi connectivity index (χ2n) is 7.11. The van der Waals surface area contributed by atoms with Gasteiger partial charge in [-0.3, -0.25) is 0 Å². The van der Waals surface area contributed by atoms with Crippen molar-refractivity contribution in [1.29, 1.82) is 0 Å². The van der Waals surface area contributed by atoms with Crippen molar-refractivity contribution in [3.8, 4) is 0 Å². The van der Waals surface area contributed by atoms with Gasteiger partial charge in [-0.1, -0.05) is 44.9 Å². The molecule has 0 unspecified atom stereocenters. The van der Waals surface area contributed by atoms with E-state index in [1.807, 2.05) is 6.92 Å². The molecule has 0 saturated heterocycles. The van der Waals surface area contributed by atoms with Crippen LogP contribution < -0.4 is 5.32 Å². The highest BCUT2D eigenvalue weighted by molar-refractivity contribution is 7.90. The molecule has 0 aromatic carbocycles. The van der Waals surface area contributed by atoms with E-state index in [2.05, 4.69) is 5.32 Å². The summed E-state index contributed by atoms with van der Waals surface area (Å²) in [6, 6.07) is 0.628. The second kappa shape index (κ2) is 7.26. The minimum absolute atomic E-state index is 0.0826. The van der Waals surface area contributed by atoms with Crippen LogP contribution in [0.2, 0.25) is 0 Å². The summed E-state index contributed by atoms with van der Waals surface area (Å²) < 4.78 is 22.9. The van der Waals surface area contributed by atoms with Gasteiger partial charge in [0.05, 0.1) is 5.75 Å². The molecular formula is C16H31NO2S. The Morgan fingerprint density at radius 2 is 1.60 bits per heavy atom. The summed E-state index contributed by atoms with van der Waals surface area (Å²) in [6.45, 7) is 2.02. The van der Waals surface area contributed by atoms with Gasteiger partial charge in [0, 0.05) is 18.3 Å². The standard InChI is InChI=1S/C16H31NO2S/c1-13(12-20(2,18)19)17-16-11-7-6-10-15(16)14-8-4-3-5-9-14/h13-17H,3-12H2,1-2H3/t13-,15+,16+/m1/s1. The molecule has 118 valence electrons. The van der Waals surface area contributed by atoms with Crippen molar-refractivity contribution in [2.45, 2.75) is 76.8 Å². The van der Waals surface area contributed by atoms with Crippen LogP contribution in [0.1, 0.15) is 64.7 Å². The zero-order valence-corrected chi connectivity index (χ0v) is 13.9. The highest BCUT2D eigenvalue weighted by atomic mass is 32.2. The first-order valence-electron chi connectivity index (χ1n) is 8.39. The lowest BCUT2D eigenvalue weighted by atomic mass is 9.71. The third-order valence-electron chi connectivity index (χ3n) is 5.13. The van der Waals surface area contributed by atoms with E-state index in [-0.39, 0.29) is 11.8 Å². The van der Waals surface area contributed by atoms with Crippen LogP contribution >= 0.6 is 0 Å². The van der Waals surface area contributed by atoms with E-state index in [4.69, 9.17) is 0 Å². The molecule has 0 amide bonds. The van der Waals surface area contributed by atoms with Crippen LogP contribution in [-0.2, 0) is 9.84 Å². The van der Waals surface area contributed by atoms with Crippen molar-refractivity contribution in [2.75, 3.05) is 12.0 Å². The van der Waals surface area contributed by atoms with E-state index in [1.54, 1.807) is 0 Å². The quantitative estimate of drug-likeness (QED) is 0.848. The fourth-order valence-electron chi connectivity index (χ4n) is 4.36. The molecule has 4 heteroatoms. The second-order valence-corrected chi connectivity index (χ2v) is 9.30. The minimum atomic E-state index is -2.88. The van der Waals surface area contributed by atoms with Gasteiger partial charge in [-0.25, -0.2) is 8.42 Å². The molecule has 2 rings (SSSR count). The van der Waals surface area contributed by atoms with Gasteiger partial charge in [-0.05, 0) is 31.6 Å². The van der Waals surface area contributed by atoms with Gasteiger partial charge in [-0.15, -0.1) is 0 Å². The molecule has 3 nitrogen and oxygen atoms in total. The van der Waals surface area contributed by atoms with Gasteiger partial charge < -0.3 is 5.32 Å². The normalized spacial score (nSPS) is 31.1.